The number of hydrogen-bond acceptors (Lipinski definition) is 4. The van der Waals surface area contributed by atoms with Gasteiger partial charge in [-0.25, -0.2) is 4.39 Å². The van der Waals surface area contributed by atoms with Gasteiger partial charge in [0.05, 0.1) is 6.61 Å². The number of benzene rings is 1. The maximum Gasteiger partial charge on any atom is 0.263 e. The van der Waals surface area contributed by atoms with Crippen molar-refractivity contribution in [3.63, 3.8) is 0 Å². The molecule has 2 N–H and O–H groups in total. The normalized spacial score (nSPS) is 16.6. The minimum Gasteiger partial charge on any atom is -0.395 e. The zero-order chi connectivity index (χ0) is 20.8. The number of rotatable bonds is 7. The second-order valence-corrected chi connectivity index (χ2v) is 7.62. The average Bonchev–Trinajstić information content (AvgIpc) is 2.72. The summed E-state index contributed by atoms with van der Waals surface area (Å²) >= 11 is 0. The number of carbonyl (C=O) groups excluding carboxylic acids is 1. The zero-order valence-corrected chi connectivity index (χ0v) is 16.7. The van der Waals surface area contributed by atoms with Crippen LogP contribution in [0.4, 0.5) is 4.39 Å². The molecule has 0 spiro atoms. The Bertz CT molecular complexity index is 889. The molecule has 1 saturated heterocycles. The van der Waals surface area contributed by atoms with E-state index in [1.54, 1.807) is 35.9 Å². The van der Waals surface area contributed by atoms with E-state index in [1.165, 1.54) is 17.0 Å². The molecule has 1 aliphatic heterocycles. The Hall–Kier alpha value is -2.51. The summed E-state index contributed by atoms with van der Waals surface area (Å²) in [5.41, 5.74) is 1.17. The molecule has 1 amide bonds. The van der Waals surface area contributed by atoms with E-state index in [2.05, 4.69) is 5.32 Å². The molecule has 6 nitrogen and oxygen atoms in total. The SMILES string of the molecule is Cc1ccn(CC2CCCNC2)c(=O)c1C(=O)N(CCO)Cc1ccc(F)cc1. The topological polar surface area (TPSA) is 74.6 Å². The highest BCUT2D eigenvalue weighted by molar-refractivity contribution is 5.95. The summed E-state index contributed by atoms with van der Waals surface area (Å²) < 4.78 is 14.8. The zero-order valence-electron chi connectivity index (χ0n) is 16.7. The van der Waals surface area contributed by atoms with Crippen molar-refractivity contribution in [1.29, 1.82) is 0 Å². The summed E-state index contributed by atoms with van der Waals surface area (Å²) in [6.07, 6.45) is 3.89. The molecule has 0 radical (unpaired) electrons. The van der Waals surface area contributed by atoms with Gasteiger partial charge in [-0.15, -0.1) is 0 Å². The Labute approximate surface area is 170 Å². The lowest BCUT2D eigenvalue weighted by Crippen LogP contribution is -2.40. The number of aryl methyl sites for hydroxylation is 1. The number of hydrogen-bond donors (Lipinski definition) is 2. The molecule has 3 rings (SSSR count). The number of aliphatic hydroxyl groups is 1. The maximum atomic E-state index is 13.2. The third kappa shape index (κ3) is 5.31. The predicted octanol–water partition coefficient (Wildman–Crippen LogP) is 1.93. The molecule has 29 heavy (non-hydrogen) atoms. The summed E-state index contributed by atoms with van der Waals surface area (Å²) in [7, 11) is 0. The minimum atomic E-state index is -0.415. The number of aliphatic hydroxyl groups excluding tert-OH is 1. The van der Waals surface area contributed by atoms with Crippen LogP contribution in [0.1, 0.15) is 34.3 Å². The van der Waals surface area contributed by atoms with Gasteiger partial charge in [-0.2, -0.15) is 0 Å². The van der Waals surface area contributed by atoms with Crippen molar-refractivity contribution >= 4 is 5.91 Å². The fraction of sp³-hybridized carbons (Fsp3) is 0.455. The number of amides is 1. The van der Waals surface area contributed by atoms with Gasteiger partial charge in [0.1, 0.15) is 11.4 Å². The average molecular weight is 401 g/mol. The first-order valence-electron chi connectivity index (χ1n) is 10.0. The molecule has 0 bridgehead atoms. The monoisotopic (exact) mass is 401 g/mol. The molecule has 1 aromatic carbocycles. The molecule has 0 aliphatic carbocycles. The number of nitrogens with zero attached hydrogens (tertiary/aromatic N) is 2. The van der Waals surface area contributed by atoms with Gasteiger partial charge < -0.3 is 19.9 Å². The number of piperidine rings is 1. The van der Waals surface area contributed by atoms with E-state index in [4.69, 9.17) is 0 Å². The van der Waals surface area contributed by atoms with E-state index in [0.29, 0.717) is 18.0 Å². The Morgan fingerprint density at radius 1 is 1.31 bits per heavy atom. The third-order valence-corrected chi connectivity index (χ3v) is 5.39. The number of carbonyl (C=O) groups is 1. The molecule has 156 valence electrons. The van der Waals surface area contributed by atoms with Crippen molar-refractivity contribution in [2.75, 3.05) is 26.2 Å². The summed E-state index contributed by atoms with van der Waals surface area (Å²) in [5.74, 6) is -0.408. The highest BCUT2D eigenvalue weighted by Gasteiger charge is 2.23. The molecule has 2 heterocycles. The number of pyridine rings is 1. The van der Waals surface area contributed by atoms with Crippen molar-refractivity contribution in [3.8, 4) is 0 Å². The van der Waals surface area contributed by atoms with E-state index in [0.717, 1.165) is 31.5 Å². The maximum absolute atomic E-state index is 13.2. The molecule has 1 unspecified atom stereocenters. The Morgan fingerprint density at radius 2 is 2.07 bits per heavy atom. The lowest BCUT2D eigenvalue weighted by atomic mass is 9.99. The van der Waals surface area contributed by atoms with Gasteiger partial charge in [-0.1, -0.05) is 12.1 Å². The summed E-state index contributed by atoms with van der Waals surface area (Å²) in [6.45, 7) is 4.26. The highest BCUT2D eigenvalue weighted by Crippen LogP contribution is 2.14. The number of nitrogens with one attached hydrogen (secondary N) is 1. The van der Waals surface area contributed by atoms with E-state index in [-0.39, 0.29) is 36.6 Å². The van der Waals surface area contributed by atoms with Crippen LogP contribution < -0.4 is 10.9 Å². The van der Waals surface area contributed by atoms with E-state index < -0.39 is 5.91 Å². The Morgan fingerprint density at radius 3 is 2.72 bits per heavy atom. The van der Waals surface area contributed by atoms with Crippen molar-refractivity contribution < 1.29 is 14.3 Å². The van der Waals surface area contributed by atoms with Gasteiger partial charge >= 0.3 is 0 Å². The second-order valence-electron chi connectivity index (χ2n) is 7.62. The van der Waals surface area contributed by atoms with Crippen molar-refractivity contribution in [1.82, 2.24) is 14.8 Å². The van der Waals surface area contributed by atoms with E-state index in [1.807, 2.05) is 0 Å². The smallest absolute Gasteiger partial charge is 0.263 e. The first-order valence-corrected chi connectivity index (χ1v) is 10.0. The lowest BCUT2D eigenvalue weighted by molar-refractivity contribution is 0.0704. The standard InChI is InChI=1S/C22H28FN3O3/c1-16-8-10-25(15-18-3-2-9-24-13-18)21(28)20(16)22(29)26(11-12-27)14-17-4-6-19(23)7-5-17/h4-8,10,18,24,27H,2-3,9,11-15H2,1H3. The predicted molar refractivity (Wildman–Crippen MR) is 109 cm³/mol. The first-order chi connectivity index (χ1) is 14.0. The van der Waals surface area contributed by atoms with E-state index in [9.17, 15) is 19.1 Å². The second kappa shape index (κ2) is 9.80. The quantitative estimate of drug-likeness (QED) is 0.744. The van der Waals surface area contributed by atoms with Gasteiger partial charge in [0.15, 0.2) is 0 Å². The van der Waals surface area contributed by atoms with Crippen LogP contribution in [0.15, 0.2) is 41.3 Å². The van der Waals surface area contributed by atoms with Crippen molar-refractivity contribution in [2.45, 2.75) is 32.9 Å². The fourth-order valence-corrected chi connectivity index (χ4v) is 3.77. The van der Waals surface area contributed by atoms with Gasteiger partial charge in [0.2, 0.25) is 0 Å². The largest absolute Gasteiger partial charge is 0.395 e. The van der Waals surface area contributed by atoms with Crippen LogP contribution in [0, 0.1) is 18.7 Å². The molecule has 7 heteroatoms. The number of aromatic nitrogens is 1. The third-order valence-electron chi connectivity index (χ3n) is 5.39. The van der Waals surface area contributed by atoms with Crippen LogP contribution in [0.25, 0.3) is 0 Å². The molecule has 1 aliphatic rings. The van der Waals surface area contributed by atoms with Crippen LogP contribution in [0.5, 0.6) is 0 Å². The van der Waals surface area contributed by atoms with Crippen LogP contribution in [0.2, 0.25) is 0 Å². The van der Waals surface area contributed by atoms with E-state index >= 15 is 0 Å². The summed E-state index contributed by atoms with van der Waals surface area (Å²) in [5, 5.41) is 12.8. The van der Waals surface area contributed by atoms with Crippen molar-refractivity contribution in [3.05, 3.63) is 69.4 Å². The van der Waals surface area contributed by atoms with Crippen LogP contribution in [-0.4, -0.2) is 46.7 Å². The van der Waals surface area contributed by atoms with Crippen LogP contribution in [0.3, 0.4) is 0 Å². The summed E-state index contributed by atoms with van der Waals surface area (Å²) in [4.78, 5) is 27.7. The van der Waals surface area contributed by atoms with Gasteiger partial charge in [-0.3, -0.25) is 9.59 Å². The van der Waals surface area contributed by atoms with Gasteiger partial charge in [0.25, 0.3) is 11.5 Å². The van der Waals surface area contributed by atoms with Crippen molar-refractivity contribution in [2.24, 2.45) is 5.92 Å². The van der Waals surface area contributed by atoms with Gasteiger partial charge in [0, 0.05) is 25.8 Å². The molecular weight excluding hydrogens is 373 g/mol. The molecule has 1 fully saturated rings. The Kier molecular flexibility index (Phi) is 7.17. The number of halogens is 1. The summed E-state index contributed by atoms with van der Waals surface area (Å²) in [6, 6.07) is 7.64. The van der Waals surface area contributed by atoms with Gasteiger partial charge in [-0.05, 0) is 68.1 Å². The molecule has 1 atom stereocenters. The van der Waals surface area contributed by atoms with Crippen LogP contribution >= 0.6 is 0 Å². The lowest BCUT2D eigenvalue weighted by Gasteiger charge is -2.25. The molecule has 0 saturated carbocycles. The molecular formula is C22H28FN3O3. The molecule has 1 aromatic heterocycles. The van der Waals surface area contributed by atoms with Crippen LogP contribution in [-0.2, 0) is 13.1 Å². The first kappa shape index (κ1) is 21.2. The highest BCUT2D eigenvalue weighted by atomic mass is 19.1. The Balaban J connectivity index is 1.85. The molecule has 2 aromatic rings. The fourth-order valence-electron chi connectivity index (χ4n) is 3.77. The minimum absolute atomic E-state index is 0.0938.